The fourth-order valence-electron chi connectivity index (χ4n) is 2.56. The highest BCUT2D eigenvalue weighted by Crippen LogP contribution is 2.24. The lowest BCUT2D eigenvalue weighted by atomic mass is 10.1. The predicted molar refractivity (Wildman–Crippen MR) is 81.8 cm³/mol. The first kappa shape index (κ1) is 15.5. The van der Waals surface area contributed by atoms with Crippen LogP contribution >= 0.6 is 0 Å². The smallest absolute Gasteiger partial charge is 0.335 e. The topological polar surface area (TPSA) is 64.4 Å². The van der Waals surface area contributed by atoms with Crippen molar-refractivity contribution >= 4 is 17.0 Å². The molecule has 0 aliphatic rings. The van der Waals surface area contributed by atoms with Crippen molar-refractivity contribution in [2.75, 3.05) is 13.7 Å². The highest BCUT2D eigenvalue weighted by molar-refractivity contribution is 5.92. The summed E-state index contributed by atoms with van der Waals surface area (Å²) in [6, 6.07) is 5.12. The molecule has 0 radical (unpaired) electrons. The molecule has 114 valence electrons. The third kappa shape index (κ3) is 3.24. The standard InChI is InChI=1S/C16H22N2O3/c1-10(2)15-17-13-7-12(16(19)20)5-6-14(13)18(15)8-11(3)9-21-4/h5-7,10-11H,8-9H2,1-4H3,(H,19,20). The number of rotatable bonds is 6. The van der Waals surface area contributed by atoms with E-state index in [9.17, 15) is 4.79 Å². The van der Waals surface area contributed by atoms with Gasteiger partial charge < -0.3 is 14.4 Å². The maximum absolute atomic E-state index is 11.1. The Morgan fingerprint density at radius 1 is 1.38 bits per heavy atom. The van der Waals surface area contributed by atoms with Crippen molar-refractivity contribution in [3.05, 3.63) is 29.6 Å². The summed E-state index contributed by atoms with van der Waals surface area (Å²) < 4.78 is 7.38. The van der Waals surface area contributed by atoms with Gasteiger partial charge in [-0.3, -0.25) is 0 Å². The summed E-state index contributed by atoms with van der Waals surface area (Å²) in [6.45, 7) is 7.81. The van der Waals surface area contributed by atoms with Gasteiger partial charge in [-0.2, -0.15) is 0 Å². The van der Waals surface area contributed by atoms with E-state index in [1.165, 1.54) is 0 Å². The number of hydrogen-bond donors (Lipinski definition) is 1. The number of aromatic nitrogens is 2. The molecule has 2 aromatic rings. The molecule has 0 saturated carbocycles. The molecule has 0 amide bonds. The molecule has 21 heavy (non-hydrogen) atoms. The number of aromatic carboxylic acids is 1. The van der Waals surface area contributed by atoms with E-state index in [2.05, 4.69) is 30.3 Å². The highest BCUT2D eigenvalue weighted by Gasteiger charge is 2.17. The number of methoxy groups -OCH3 is 1. The van der Waals surface area contributed by atoms with Gasteiger partial charge in [-0.1, -0.05) is 20.8 Å². The van der Waals surface area contributed by atoms with Crippen molar-refractivity contribution in [2.45, 2.75) is 33.2 Å². The van der Waals surface area contributed by atoms with Crippen LogP contribution in [0.1, 0.15) is 42.9 Å². The zero-order chi connectivity index (χ0) is 15.6. The number of carbonyl (C=O) groups is 1. The third-order valence-corrected chi connectivity index (χ3v) is 3.49. The molecule has 0 spiro atoms. The normalized spacial score (nSPS) is 13.0. The molecule has 1 aromatic carbocycles. The predicted octanol–water partition coefficient (Wildman–Crippen LogP) is 3.14. The van der Waals surface area contributed by atoms with Gasteiger partial charge in [0.05, 0.1) is 23.2 Å². The van der Waals surface area contributed by atoms with E-state index in [1.807, 2.05) is 6.07 Å². The Balaban J connectivity index is 2.50. The molecule has 5 heteroatoms. The quantitative estimate of drug-likeness (QED) is 0.887. The fourth-order valence-corrected chi connectivity index (χ4v) is 2.56. The minimum atomic E-state index is -0.926. The molecule has 1 N–H and O–H groups in total. The number of carboxylic acid groups (broad SMARTS) is 1. The van der Waals surface area contributed by atoms with E-state index < -0.39 is 5.97 Å². The molecule has 5 nitrogen and oxygen atoms in total. The van der Waals surface area contributed by atoms with Crippen molar-refractivity contribution in [1.29, 1.82) is 0 Å². The summed E-state index contributed by atoms with van der Waals surface area (Å²) in [5.74, 6) is 0.699. The van der Waals surface area contributed by atoms with Crippen LogP contribution in [0.4, 0.5) is 0 Å². The van der Waals surface area contributed by atoms with Crippen LogP contribution in [0.25, 0.3) is 11.0 Å². The van der Waals surface area contributed by atoms with Gasteiger partial charge in [0.15, 0.2) is 0 Å². The lowest BCUT2D eigenvalue weighted by molar-refractivity contribution is 0.0697. The molecule has 0 fully saturated rings. The van der Waals surface area contributed by atoms with Gasteiger partial charge in [-0.05, 0) is 24.1 Å². The van der Waals surface area contributed by atoms with E-state index in [-0.39, 0.29) is 11.5 Å². The van der Waals surface area contributed by atoms with Crippen LogP contribution in [0.2, 0.25) is 0 Å². The molecule has 0 bridgehead atoms. The molecule has 1 aromatic heterocycles. The van der Waals surface area contributed by atoms with Gasteiger partial charge in [0, 0.05) is 19.6 Å². The summed E-state index contributed by atoms with van der Waals surface area (Å²) in [4.78, 5) is 15.7. The Labute approximate surface area is 124 Å². The Kier molecular flexibility index (Phi) is 4.63. The van der Waals surface area contributed by atoms with Crippen LogP contribution in [0, 0.1) is 5.92 Å². The van der Waals surface area contributed by atoms with Gasteiger partial charge in [0.25, 0.3) is 0 Å². The number of ether oxygens (including phenoxy) is 1. The van der Waals surface area contributed by atoms with E-state index in [0.717, 1.165) is 23.4 Å². The van der Waals surface area contributed by atoms with Crippen LogP contribution in [0.3, 0.4) is 0 Å². The average molecular weight is 290 g/mol. The molecular weight excluding hydrogens is 268 g/mol. The molecule has 1 atom stereocenters. The largest absolute Gasteiger partial charge is 0.478 e. The number of imidazole rings is 1. The first-order valence-electron chi connectivity index (χ1n) is 7.16. The van der Waals surface area contributed by atoms with Crippen LogP contribution in [0.15, 0.2) is 18.2 Å². The Morgan fingerprint density at radius 2 is 2.10 bits per heavy atom. The fraction of sp³-hybridized carbons (Fsp3) is 0.500. The SMILES string of the molecule is COCC(C)Cn1c(C(C)C)nc2cc(C(=O)O)ccc21. The summed E-state index contributed by atoms with van der Waals surface area (Å²) in [7, 11) is 1.70. The van der Waals surface area contributed by atoms with E-state index in [4.69, 9.17) is 9.84 Å². The van der Waals surface area contributed by atoms with E-state index >= 15 is 0 Å². The Hall–Kier alpha value is -1.88. The van der Waals surface area contributed by atoms with Crippen molar-refractivity contribution < 1.29 is 14.6 Å². The molecule has 0 aliphatic heterocycles. The summed E-state index contributed by atoms with van der Waals surface area (Å²) in [6.07, 6.45) is 0. The summed E-state index contributed by atoms with van der Waals surface area (Å²) in [5.41, 5.74) is 1.99. The number of fused-ring (bicyclic) bond motifs is 1. The van der Waals surface area contributed by atoms with Crippen LogP contribution in [0.5, 0.6) is 0 Å². The number of carboxylic acids is 1. The van der Waals surface area contributed by atoms with Gasteiger partial charge in [0.2, 0.25) is 0 Å². The van der Waals surface area contributed by atoms with Crippen LogP contribution in [-0.2, 0) is 11.3 Å². The number of benzene rings is 1. The van der Waals surface area contributed by atoms with Crippen molar-refractivity contribution in [1.82, 2.24) is 9.55 Å². The van der Waals surface area contributed by atoms with Crippen LogP contribution < -0.4 is 0 Å². The van der Waals surface area contributed by atoms with Gasteiger partial charge in [-0.25, -0.2) is 9.78 Å². The second-order valence-corrected chi connectivity index (χ2v) is 5.80. The average Bonchev–Trinajstić information content (AvgIpc) is 2.77. The monoisotopic (exact) mass is 290 g/mol. The van der Waals surface area contributed by atoms with Crippen molar-refractivity contribution in [2.24, 2.45) is 5.92 Å². The van der Waals surface area contributed by atoms with Gasteiger partial charge in [-0.15, -0.1) is 0 Å². The highest BCUT2D eigenvalue weighted by atomic mass is 16.5. The zero-order valence-corrected chi connectivity index (χ0v) is 13.0. The minimum Gasteiger partial charge on any atom is -0.478 e. The van der Waals surface area contributed by atoms with Crippen LogP contribution in [-0.4, -0.2) is 34.3 Å². The van der Waals surface area contributed by atoms with Crippen molar-refractivity contribution in [3.63, 3.8) is 0 Å². The maximum atomic E-state index is 11.1. The zero-order valence-electron chi connectivity index (χ0n) is 13.0. The second kappa shape index (κ2) is 6.26. The molecule has 1 heterocycles. The lowest BCUT2D eigenvalue weighted by Gasteiger charge is -2.16. The number of hydrogen-bond acceptors (Lipinski definition) is 3. The first-order chi connectivity index (χ1) is 9.93. The Bertz CT molecular complexity index is 646. The van der Waals surface area contributed by atoms with Gasteiger partial charge >= 0.3 is 5.97 Å². The van der Waals surface area contributed by atoms with E-state index in [1.54, 1.807) is 19.2 Å². The lowest BCUT2D eigenvalue weighted by Crippen LogP contribution is -2.15. The summed E-state index contributed by atoms with van der Waals surface area (Å²) in [5, 5.41) is 9.09. The second-order valence-electron chi connectivity index (χ2n) is 5.80. The maximum Gasteiger partial charge on any atom is 0.335 e. The summed E-state index contributed by atoms with van der Waals surface area (Å²) >= 11 is 0. The molecule has 1 unspecified atom stereocenters. The van der Waals surface area contributed by atoms with Crippen molar-refractivity contribution in [3.8, 4) is 0 Å². The van der Waals surface area contributed by atoms with E-state index in [0.29, 0.717) is 12.5 Å². The molecule has 0 aliphatic carbocycles. The Morgan fingerprint density at radius 3 is 2.67 bits per heavy atom. The number of nitrogens with zero attached hydrogens (tertiary/aromatic N) is 2. The first-order valence-corrected chi connectivity index (χ1v) is 7.16. The minimum absolute atomic E-state index is 0.271. The molecular formula is C16H22N2O3. The van der Waals surface area contributed by atoms with Gasteiger partial charge in [0.1, 0.15) is 5.82 Å². The molecule has 0 saturated heterocycles. The molecule has 2 rings (SSSR count). The third-order valence-electron chi connectivity index (χ3n) is 3.49.